The molecule has 0 aliphatic carbocycles. The van der Waals surface area contributed by atoms with Crippen LogP contribution in [0.5, 0.6) is 0 Å². The van der Waals surface area contributed by atoms with E-state index < -0.39 is 5.82 Å². The number of para-hydroxylation sites is 1. The van der Waals surface area contributed by atoms with Crippen molar-refractivity contribution in [1.29, 1.82) is 5.26 Å². The molecule has 2 nitrogen and oxygen atoms in total. The van der Waals surface area contributed by atoms with Crippen molar-refractivity contribution in [2.45, 2.75) is 6.54 Å². The normalized spacial score (nSPS) is 9.83. The second-order valence-electron chi connectivity index (χ2n) is 3.79. The minimum absolute atomic E-state index is 0.332. The molecule has 4 heteroatoms. The SMILES string of the molecule is N#Cc1cc(F)cc(CNc2ccccc2Br)c1. The number of nitrogens with one attached hydrogen (secondary N) is 1. The van der Waals surface area contributed by atoms with Crippen LogP contribution < -0.4 is 5.32 Å². The van der Waals surface area contributed by atoms with Crippen LogP contribution >= 0.6 is 15.9 Å². The average Bonchev–Trinajstić information content (AvgIpc) is 2.37. The van der Waals surface area contributed by atoms with Gasteiger partial charge < -0.3 is 5.32 Å². The van der Waals surface area contributed by atoms with Crippen LogP contribution in [0.15, 0.2) is 46.9 Å². The third-order valence-electron chi connectivity index (χ3n) is 2.44. The summed E-state index contributed by atoms with van der Waals surface area (Å²) in [7, 11) is 0. The van der Waals surface area contributed by atoms with Gasteiger partial charge in [-0.3, -0.25) is 0 Å². The van der Waals surface area contributed by atoms with E-state index in [-0.39, 0.29) is 0 Å². The van der Waals surface area contributed by atoms with Crippen molar-refractivity contribution < 1.29 is 4.39 Å². The molecule has 0 fully saturated rings. The number of nitrogens with zero attached hydrogens (tertiary/aromatic N) is 1. The number of benzene rings is 2. The topological polar surface area (TPSA) is 35.8 Å². The lowest BCUT2D eigenvalue weighted by Gasteiger charge is -2.08. The highest BCUT2D eigenvalue weighted by atomic mass is 79.9. The van der Waals surface area contributed by atoms with Crippen LogP contribution in [-0.4, -0.2) is 0 Å². The fourth-order valence-electron chi connectivity index (χ4n) is 1.62. The van der Waals surface area contributed by atoms with Gasteiger partial charge >= 0.3 is 0 Å². The third-order valence-corrected chi connectivity index (χ3v) is 3.13. The summed E-state index contributed by atoms with van der Waals surface area (Å²) in [6, 6.07) is 13.9. The zero-order valence-electron chi connectivity index (χ0n) is 9.45. The summed E-state index contributed by atoms with van der Waals surface area (Å²) in [5.41, 5.74) is 2.00. The van der Waals surface area contributed by atoms with Crippen molar-refractivity contribution >= 4 is 21.6 Å². The van der Waals surface area contributed by atoms with Crippen molar-refractivity contribution in [3.05, 3.63) is 63.9 Å². The van der Waals surface area contributed by atoms with Gasteiger partial charge in [-0.25, -0.2) is 4.39 Å². The van der Waals surface area contributed by atoms with Crippen molar-refractivity contribution in [2.75, 3.05) is 5.32 Å². The molecule has 2 aromatic carbocycles. The molecule has 0 unspecified atom stereocenters. The summed E-state index contributed by atoms with van der Waals surface area (Å²) in [6.45, 7) is 0.467. The fourth-order valence-corrected chi connectivity index (χ4v) is 2.04. The molecule has 0 aliphatic heterocycles. The number of anilines is 1. The van der Waals surface area contributed by atoms with Gasteiger partial charge in [0.1, 0.15) is 5.82 Å². The highest BCUT2D eigenvalue weighted by molar-refractivity contribution is 9.10. The summed E-state index contributed by atoms with van der Waals surface area (Å²) in [5.74, 6) is -0.391. The maximum Gasteiger partial charge on any atom is 0.124 e. The first-order valence-corrected chi connectivity index (χ1v) is 6.16. The van der Waals surface area contributed by atoms with Gasteiger partial charge in [-0.1, -0.05) is 12.1 Å². The van der Waals surface area contributed by atoms with Crippen molar-refractivity contribution in [3.63, 3.8) is 0 Å². The van der Waals surface area contributed by atoms with E-state index in [1.165, 1.54) is 12.1 Å². The van der Waals surface area contributed by atoms with Crippen molar-refractivity contribution in [2.24, 2.45) is 0 Å². The Hall–Kier alpha value is -1.86. The highest BCUT2D eigenvalue weighted by Gasteiger charge is 2.02. The molecule has 0 heterocycles. The van der Waals surface area contributed by atoms with Gasteiger partial charge in [0.05, 0.1) is 11.6 Å². The zero-order chi connectivity index (χ0) is 13.0. The summed E-state index contributed by atoms with van der Waals surface area (Å²) in [4.78, 5) is 0. The van der Waals surface area contributed by atoms with Crippen LogP contribution in [0.3, 0.4) is 0 Å². The second-order valence-corrected chi connectivity index (χ2v) is 4.65. The van der Waals surface area contributed by atoms with E-state index in [0.717, 1.165) is 15.7 Å². The standard InChI is InChI=1S/C14H10BrFN2/c15-13-3-1-2-4-14(13)18-9-11-5-10(8-17)6-12(16)7-11/h1-7,18H,9H2. The molecule has 2 rings (SSSR count). The Morgan fingerprint density at radius 3 is 2.72 bits per heavy atom. The molecule has 18 heavy (non-hydrogen) atoms. The van der Waals surface area contributed by atoms with Crippen molar-refractivity contribution in [3.8, 4) is 6.07 Å². The van der Waals surface area contributed by atoms with Gasteiger partial charge in [0, 0.05) is 16.7 Å². The first-order valence-electron chi connectivity index (χ1n) is 5.37. The molecule has 0 amide bonds. The molecular weight excluding hydrogens is 295 g/mol. The lowest BCUT2D eigenvalue weighted by molar-refractivity contribution is 0.625. The highest BCUT2D eigenvalue weighted by Crippen LogP contribution is 2.22. The minimum Gasteiger partial charge on any atom is -0.380 e. The predicted octanol–water partition coefficient (Wildman–Crippen LogP) is 4.07. The third kappa shape index (κ3) is 3.08. The Morgan fingerprint density at radius 2 is 2.00 bits per heavy atom. The number of hydrogen-bond donors (Lipinski definition) is 1. The Kier molecular flexibility index (Phi) is 3.96. The Bertz CT molecular complexity index is 605. The first-order chi connectivity index (χ1) is 8.69. The maximum atomic E-state index is 13.2. The largest absolute Gasteiger partial charge is 0.380 e. The quantitative estimate of drug-likeness (QED) is 0.927. The van der Waals surface area contributed by atoms with Crippen LogP contribution in [0.4, 0.5) is 10.1 Å². The summed E-state index contributed by atoms with van der Waals surface area (Å²) in [6.07, 6.45) is 0. The van der Waals surface area contributed by atoms with E-state index in [1.54, 1.807) is 6.07 Å². The smallest absolute Gasteiger partial charge is 0.124 e. The minimum atomic E-state index is -0.391. The van der Waals surface area contributed by atoms with Crippen LogP contribution in [0.2, 0.25) is 0 Å². The van der Waals surface area contributed by atoms with Crippen LogP contribution in [-0.2, 0) is 6.54 Å². The molecular formula is C14H10BrFN2. The number of halogens is 2. The van der Waals surface area contributed by atoms with Crippen LogP contribution in [0.25, 0.3) is 0 Å². The maximum absolute atomic E-state index is 13.2. The number of rotatable bonds is 3. The molecule has 0 spiro atoms. The monoisotopic (exact) mass is 304 g/mol. The Labute approximate surface area is 113 Å². The van der Waals surface area contributed by atoms with Crippen molar-refractivity contribution in [1.82, 2.24) is 0 Å². The molecule has 0 saturated carbocycles. The van der Waals surface area contributed by atoms with E-state index in [0.29, 0.717) is 12.1 Å². The van der Waals surface area contributed by atoms with Gasteiger partial charge in [-0.05, 0) is 51.8 Å². The van der Waals surface area contributed by atoms with E-state index in [2.05, 4.69) is 21.2 Å². The lowest BCUT2D eigenvalue weighted by Crippen LogP contribution is -2.01. The molecule has 0 atom stereocenters. The van der Waals surface area contributed by atoms with Gasteiger partial charge in [0.25, 0.3) is 0 Å². The van der Waals surface area contributed by atoms with Crippen LogP contribution in [0, 0.1) is 17.1 Å². The molecule has 90 valence electrons. The Balaban J connectivity index is 2.14. The molecule has 0 radical (unpaired) electrons. The van der Waals surface area contributed by atoms with Gasteiger partial charge in [0.15, 0.2) is 0 Å². The average molecular weight is 305 g/mol. The second kappa shape index (κ2) is 5.65. The van der Waals surface area contributed by atoms with E-state index in [4.69, 9.17) is 5.26 Å². The molecule has 0 bridgehead atoms. The Morgan fingerprint density at radius 1 is 1.22 bits per heavy atom. The predicted molar refractivity (Wildman–Crippen MR) is 72.6 cm³/mol. The van der Waals surface area contributed by atoms with Gasteiger partial charge in [-0.2, -0.15) is 5.26 Å². The van der Waals surface area contributed by atoms with E-state index >= 15 is 0 Å². The summed E-state index contributed by atoms with van der Waals surface area (Å²) < 4.78 is 14.2. The number of hydrogen-bond acceptors (Lipinski definition) is 2. The van der Waals surface area contributed by atoms with E-state index in [1.807, 2.05) is 30.3 Å². The summed E-state index contributed by atoms with van der Waals surface area (Å²) >= 11 is 3.42. The molecule has 1 N–H and O–H groups in total. The molecule has 0 aromatic heterocycles. The van der Waals surface area contributed by atoms with E-state index in [9.17, 15) is 4.39 Å². The molecule has 0 saturated heterocycles. The summed E-state index contributed by atoms with van der Waals surface area (Å²) in [5, 5.41) is 12.0. The van der Waals surface area contributed by atoms with Crippen LogP contribution in [0.1, 0.15) is 11.1 Å². The zero-order valence-corrected chi connectivity index (χ0v) is 11.0. The molecule has 0 aliphatic rings. The number of nitriles is 1. The first kappa shape index (κ1) is 12.6. The fraction of sp³-hybridized carbons (Fsp3) is 0.0714. The molecule has 2 aromatic rings. The van der Waals surface area contributed by atoms with Gasteiger partial charge in [-0.15, -0.1) is 0 Å². The lowest BCUT2D eigenvalue weighted by atomic mass is 10.1. The van der Waals surface area contributed by atoms with Gasteiger partial charge in [0.2, 0.25) is 0 Å².